The molecular weight excluding hydrogens is 342 g/mol. The predicted molar refractivity (Wildman–Crippen MR) is 96.0 cm³/mol. The van der Waals surface area contributed by atoms with Crippen molar-refractivity contribution in [3.05, 3.63) is 47.6 Å². The van der Waals surface area contributed by atoms with Crippen LogP contribution >= 0.6 is 11.6 Å². The Balaban J connectivity index is 1.95. The average Bonchev–Trinajstić information content (AvgIpc) is 2.57. The van der Waals surface area contributed by atoms with Crippen molar-refractivity contribution >= 4 is 34.9 Å². The second-order valence-corrected chi connectivity index (χ2v) is 6.63. The Morgan fingerprint density at radius 1 is 1.28 bits per heavy atom. The number of rotatable bonds is 3. The number of carbonyl (C=O) groups is 2. The van der Waals surface area contributed by atoms with Crippen molar-refractivity contribution in [3.63, 3.8) is 0 Å². The van der Waals surface area contributed by atoms with Gasteiger partial charge in [-0.25, -0.2) is 4.98 Å². The van der Waals surface area contributed by atoms with Gasteiger partial charge in [-0.3, -0.25) is 14.5 Å². The zero-order valence-electron chi connectivity index (χ0n) is 14.1. The van der Waals surface area contributed by atoms with E-state index in [2.05, 4.69) is 10.3 Å². The Kier molecular flexibility index (Phi) is 4.39. The second-order valence-electron chi connectivity index (χ2n) is 6.19. The topological polar surface area (TPSA) is 71.5 Å². The molecule has 1 aliphatic heterocycles. The highest BCUT2D eigenvalue weighted by atomic mass is 35.5. The van der Waals surface area contributed by atoms with Gasteiger partial charge < -0.3 is 10.1 Å². The number of halogens is 1. The summed E-state index contributed by atoms with van der Waals surface area (Å²) in [7, 11) is 0. The maximum atomic E-state index is 13.0. The fraction of sp³-hybridized carbons (Fsp3) is 0.278. The first kappa shape index (κ1) is 17.2. The van der Waals surface area contributed by atoms with Crippen LogP contribution in [0.2, 0.25) is 5.02 Å². The first-order chi connectivity index (χ1) is 11.8. The normalized spacial score (nSPS) is 19.4. The number of carbonyl (C=O) groups excluding carboxylic acids is 2. The molecule has 3 rings (SSSR count). The summed E-state index contributed by atoms with van der Waals surface area (Å²) in [6.45, 7) is 5.18. The monoisotopic (exact) mass is 359 g/mol. The SMILES string of the molecule is CC(C)N1C(=O)[C@](C)(C(=O)Nc2ccc(Cl)cc2)Oc2cccnc21. The first-order valence-electron chi connectivity index (χ1n) is 7.87. The van der Waals surface area contributed by atoms with Crippen LogP contribution in [0.1, 0.15) is 20.8 Å². The summed E-state index contributed by atoms with van der Waals surface area (Å²) >= 11 is 5.85. The van der Waals surface area contributed by atoms with E-state index in [0.29, 0.717) is 22.3 Å². The summed E-state index contributed by atoms with van der Waals surface area (Å²) < 4.78 is 5.78. The van der Waals surface area contributed by atoms with E-state index in [1.165, 1.54) is 11.8 Å². The lowest BCUT2D eigenvalue weighted by Crippen LogP contribution is -2.62. The average molecular weight is 360 g/mol. The summed E-state index contributed by atoms with van der Waals surface area (Å²) in [5.41, 5.74) is -1.17. The summed E-state index contributed by atoms with van der Waals surface area (Å²) in [5, 5.41) is 3.27. The lowest BCUT2D eigenvalue weighted by molar-refractivity contribution is -0.145. The highest BCUT2D eigenvalue weighted by molar-refractivity contribution is 6.30. The Bertz CT molecular complexity index is 823. The van der Waals surface area contributed by atoms with E-state index in [1.54, 1.807) is 42.6 Å². The third-order valence-corrected chi connectivity index (χ3v) is 4.22. The maximum Gasteiger partial charge on any atom is 0.282 e. The third-order valence-electron chi connectivity index (χ3n) is 3.97. The van der Waals surface area contributed by atoms with Crippen molar-refractivity contribution in [2.24, 2.45) is 0 Å². The molecule has 0 saturated heterocycles. The van der Waals surface area contributed by atoms with Crippen LogP contribution in [0, 0.1) is 0 Å². The van der Waals surface area contributed by atoms with Crippen molar-refractivity contribution < 1.29 is 14.3 Å². The number of fused-ring (bicyclic) bond motifs is 1. The van der Waals surface area contributed by atoms with Crippen LogP contribution in [0.5, 0.6) is 5.75 Å². The summed E-state index contributed by atoms with van der Waals surface area (Å²) in [6.07, 6.45) is 1.58. The van der Waals surface area contributed by atoms with Crippen LogP contribution < -0.4 is 15.0 Å². The second kappa shape index (κ2) is 6.37. The number of ether oxygens (including phenoxy) is 1. The van der Waals surface area contributed by atoms with Crippen LogP contribution in [0.3, 0.4) is 0 Å². The smallest absolute Gasteiger partial charge is 0.282 e. The van der Waals surface area contributed by atoms with Crippen molar-refractivity contribution in [2.75, 3.05) is 10.2 Å². The molecule has 0 bridgehead atoms. The third kappa shape index (κ3) is 3.05. The number of nitrogens with zero attached hydrogens (tertiary/aromatic N) is 2. The molecule has 7 heteroatoms. The van der Waals surface area contributed by atoms with Crippen LogP contribution in [0.4, 0.5) is 11.5 Å². The predicted octanol–water partition coefficient (Wildman–Crippen LogP) is 3.27. The quantitative estimate of drug-likeness (QED) is 0.854. The van der Waals surface area contributed by atoms with Crippen molar-refractivity contribution in [1.82, 2.24) is 4.98 Å². The lowest BCUT2D eigenvalue weighted by atomic mass is 9.99. The molecule has 0 spiro atoms. The highest BCUT2D eigenvalue weighted by Gasteiger charge is 2.51. The van der Waals surface area contributed by atoms with Crippen molar-refractivity contribution in [2.45, 2.75) is 32.4 Å². The van der Waals surface area contributed by atoms with Gasteiger partial charge in [-0.05, 0) is 57.2 Å². The van der Waals surface area contributed by atoms with Gasteiger partial charge in [0.15, 0.2) is 11.6 Å². The lowest BCUT2D eigenvalue weighted by Gasteiger charge is -2.40. The zero-order chi connectivity index (χ0) is 18.2. The van der Waals surface area contributed by atoms with Gasteiger partial charge in [0.1, 0.15) is 0 Å². The van der Waals surface area contributed by atoms with E-state index >= 15 is 0 Å². The molecule has 2 aromatic rings. The maximum absolute atomic E-state index is 13.0. The molecule has 0 saturated carbocycles. The van der Waals surface area contributed by atoms with Crippen LogP contribution in [-0.2, 0) is 9.59 Å². The zero-order valence-corrected chi connectivity index (χ0v) is 14.9. The molecule has 1 aromatic carbocycles. The Morgan fingerprint density at radius 2 is 1.96 bits per heavy atom. The molecule has 6 nitrogen and oxygen atoms in total. The molecule has 0 radical (unpaired) electrons. The number of hydrogen-bond acceptors (Lipinski definition) is 4. The molecule has 1 aliphatic rings. The van der Waals surface area contributed by atoms with E-state index in [0.717, 1.165) is 0 Å². The molecule has 0 unspecified atom stereocenters. The van der Waals surface area contributed by atoms with Gasteiger partial charge in [-0.1, -0.05) is 11.6 Å². The van der Waals surface area contributed by atoms with Gasteiger partial charge in [-0.2, -0.15) is 0 Å². The van der Waals surface area contributed by atoms with Crippen molar-refractivity contribution in [3.8, 4) is 5.75 Å². The van der Waals surface area contributed by atoms with Crippen LogP contribution in [-0.4, -0.2) is 28.4 Å². The molecule has 130 valence electrons. The van der Waals surface area contributed by atoms with Crippen LogP contribution in [0.25, 0.3) is 0 Å². The van der Waals surface area contributed by atoms with E-state index in [-0.39, 0.29) is 6.04 Å². The molecule has 2 heterocycles. The number of benzene rings is 1. The van der Waals surface area contributed by atoms with Gasteiger partial charge in [0.05, 0.1) is 0 Å². The van der Waals surface area contributed by atoms with Crippen LogP contribution in [0.15, 0.2) is 42.6 Å². The van der Waals surface area contributed by atoms with E-state index in [1.807, 2.05) is 13.8 Å². The summed E-state index contributed by atoms with van der Waals surface area (Å²) in [4.78, 5) is 31.6. The summed E-state index contributed by atoms with van der Waals surface area (Å²) in [6, 6.07) is 9.85. The van der Waals surface area contributed by atoms with Crippen molar-refractivity contribution in [1.29, 1.82) is 0 Å². The van der Waals surface area contributed by atoms with Gasteiger partial charge in [0, 0.05) is 22.9 Å². The number of hydrogen-bond donors (Lipinski definition) is 1. The minimum absolute atomic E-state index is 0.173. The van der Waals surface area contributed by atoms with E-state index in [9.17, 15) is 9.59 Å². The van der Waals surface area contributed by atoms with Gasteiger partial charge >= 0.3 is 0 Å². The molecule has 1 aromatic heterocycles. The number of aromatic nitrogens is 1. The molecule has 25 heavy (non-hydrogen) atoms. The fourth-order valence-electron chi connectivity index (χ4n) is 2.64. The molecule has 1 atom stereocenters. The molecular formula is C18H18ClN3O3. The first-order valence-corrected chi connectivity index (χ1v) is 8.25. The molecule has 0 fully saturated rings. The number of nitrogens with one attached hydrogen (secondary N) is 1. The highest BCUT2D eigenvalue weighted by Crippen LogP contribution is 2.37. The Labute approximate surface area is 150 Å². The van der Waals surface area contributed by atoms with Gasteiger partial charge in [0.2, 0.25) is 0 Å². The van der Waals surface area contributed by atoms with Gasteiger partial charge in [-0.15, -0.1) is 0 Å². The molecule has 1 N–H and O–H groups in total. The molecule has 0 aliphatic carbocycles. The summed E-state index contributed by atoms with van der Waals surface area (Å²) in [5.74, 6) is -0.205. The Morgan fingerprint density at radius 3 is 2.60 bits per heavy atom. The van der Waals surface area contributed by atoms with E-state index in [4.69, 9.17) is 16.3 Å². The van der Waals surface area contributed by atoms with Gasteiger partial charge in [0.25, 0.3) is 17.4 Å². The van der Waals surface area contributed by atoms with E-state index < -0.39 is 17.4 Å². The number of amides is 2. The largest absolute Gasteiger partial charge is 0.464 e. The number of anilines is 2. The minimum Gasteiger partial charge on any atom is -0.464 e. The number of pyridine rings is 1. The molecule has 2 amide bonds. The fourth-order valence-corrected chi connectivity index (χ4v) is 2.76. The Hall–Kier alpha value is -2.60. The minimum atomic E-state index is -1.69. The standard InChI is InChI=1S/C18H18ClN3O3/c1-11(2)22-15-14(5-4-10-20-15)25-18(3,17(22)24)16(23)21-13-8-6-12(19)7-9-13/h4-11H,1-3H3,(H,21,23)/t18-/m0/s1.